The fraction of sp³-hybridized carbons (Fsp3) is 0.459. The number of hydrogen-bond acceptors (Lipinski definition) is 7. The lowest BCUT2D eigenvalue weighted by Gasteiger charge is -2.52. The second kappa shape index (κ2) is 14.3. The van der Waals surface area contributed by atoms with Crippen LogP contribution >= 0.6 is 11.6 Å². The van der Waals surface area contributed by atoms with E-state index in [1.165, 1.54) is 25.0 Å². The van der Waals surface area contributed by atoms with Crippen molar-refractivity contribution in [2.75, 3.05) is 26.2 Å². The number of piperidine rings is 1. The molecule has 0 bridgehead atoms. The Morgan fingerprint density at radius 2 is 1.83 bits per heavy atom. The predicted molar refractivity (Wildman–Crippen MR) is 180 cm³/mol. The summed E-state index contributed by atoms with van der Waals surface area (Å²) in [5.74, 6) is 0.990. The van der Waals surface area contributed by atoms with E-state index in [0.29, 0.717) is 24.1 Å². The van der Waals surface area contributed by atoms with Crippen LogP contribution in [0.3, 0.4) is 0 Å². The second-order valence-corrected chi connectivity index (χ2v) is 14.1. The molecule has 0 unspecified atom stereocenters. The van der Waals surface area contributed by atoms with E-state index >= 15 is 0 Å². The second-order valence-electron chi connectivity index (χ2n) is 13.7. The van der Waals surface area contributed by atoms with Crippen molar-refractivity contribution in [3.63, 3.8) is 0 Å². The Morgan fingerprint density at radius 3 is 2.54 bits per heavy atom. The van der Waals surface area contributed by atoms with Gasteiger partial charge in [-0.15, -0.1) is 0 Å². The van der Waals surface area contributed by atoms with Crippen molar-refractivity contribution >= 4 is 24.0 Å². The molecule has 2 fully saturated rings. The van der Waals surface area contributed by atoms with Crippen molar-refractivity contribution in [2.45, 2.75) is 78.0 Å². The molecule has 46 heavy (non-hydrogen) atoms. The quantitative estimate of drug-likeness (QED) is 0.161. The average molecular weight is 649 g/mol. The minimum atomic E-state index is -0.470. The number of ether oxygens (including phenoxy) is 3. The SMILES string of the molecule is Cc1c(COc2cc(O)c(C=O)cc2Cl)cccc1-c1cccc(OCCCN2CCC3(CC2)CC(NC(=O)OC(C)(C)C)C3)c1. The largest absolute Gasteiger partial charge is 0.507 e. The zero-order valence-electron chi connectivity index (χ0n) is 27.2. The van der Waals surface area contributed by atoms with E-state index in [2.05, 4.69) is 35.3 Å². The number of likely N-dealkylation sites (tertiary alicyclic amines) is 1. The maximum absolute atomic E-state index is 12.1. The van der Waals surface area contributed by atoms with Gasteiger partial charge in [0, 0.05) is 18.7 Å². The first-order chi connectivity index (χ1) is 21.9. The monoisotopic (exact) mass is 648 g/mol. The summed E-state index contributed by atoms with van der Waals surface area (Å²) in [6.45, 7) is 11.8. The zero-order chi connectivity index (χ0) is 32.9. The van der Waals surface area contributed by atoms with Crippen molar-refractivity contribution in [1.82, 2.24) is 10.2 Å². The van der Waals surface area contributed by atoms with Crippen LogP contribution in [-0.2, 0) is 11.3 Å². The summed E-state index contributed by atoms with van der Waals surface area (Å²) < 4.78 is 17.5. The maximum atomic E-state index is 12.1. The number of halogens is 1. The van der Waals surface area contributed by atoms with Crippen molar-refractivity contribution < 1.29 is 28.9 Å². The predicted octanol–water partition coefficient (Wildman–Crippen LogP) is 7.95. The van der Waals surface area contributed by atoms with E-state index in [9.17, 15) is 14.7 Å². The number of amides is 1. The number of nitrogens with one attached hydrogen (secondary N) is 1. The topological polar surface area (TPSA) is 97.3 Å². The molecule has 0 aromatic heterocycles. The number of aldehydes is 1. The lowest BCUT2D eigenvalue weighted by molar-refractivity contribution is -0.00310. The van der Waals surface area contributed by atoms with Gasteiger partial charge in [-0.25, -0.2) is 4.79 Å². The van der Waals surface area contributed by atoms with Crippen molar-refractivity contribution in [3.8, 4) is 28.4 Å². The van der Waals surface area contributed by atoms with Gasteiger partial charge in [-0.1, -0.05) is 41.9 Å². The molecular formula is C37H45ClN2O6. The normalized spacial score (nSPS) is 16.5. The Kier molecular flexibility index (Phi) is 10.5. The number of alkyl carbamates (subject to hydrolysis) is 1. The minimum absolute atomic E-state index is 0.122. The molecule has 1 amide bonds. The number of nitrogens with zero attached hydrogens (tertiary/aromatic N) is 1. The Hall–Kier alpha value is -3.75. The summed E-state index contributed by atoms with van der Waals surface area (Å²) >= 11 is 6.25. The minimum Gasteiger partial charge on any atom is -0.507 e. The van der Waals surface area contributed by atoms with Gasteiger partial charge in [0.25, 0.3) is 0 Å². The van der Waals surface area contributed by atoms with Gasteiger partial charge in [-0.05, 0) is 119 Å². The summed E-state index contributed by atoms with van der Waals surface area (Å²) in [4.78, 5) is 25.7. The van der Waals surface area contributed by atoms with Gasteiger partial charge in [-0.3, -0.25) is 4.79 Å². The summed E-state index contributed by atoms with van der Waals surface area (Å²) in [5, 5.41) is 13.3. The highest BCUT2D eigenvalue weighted by Crippen LogP contribution is 2.49. The van der Waals surface area contributed by atoms with E-state index in [0.717, 1.165) is 66.9 Å². The molecule has 0 atom stereocenters. The number of aromatic hydroxyl groups is 1. The van der Waals surface area contributed by atoms with Crippen LogP contribution in [0.25, 0.3) is 11.1 Å². The number of rotatable bonds is 11. The molecule has 8 nitrogen and oxygen atoms in total. The molecule has 3 aromatic carbocycles. The van der Waals surface area contributed by atoms with E-state index < -0.39 is 5.60 Å². The summed E-state index contributed by atoms with van der Waals surface area (Å²) in [5.41, 5.74) is 4.22. The summed E-state index contributed by atoms with van der Waals surface area (Å²) in [6.07, 6.45) is 5.64. The van der Waals surface area contributed by atoms with Gasteiger partial charge in [0.05, 0.1) is 17.2 Å². The molecular weight excluding hydrogens is 604 g/mol. The highest BCUT2D eigenvalue weighted by atomic mass is 35.5. The number of carbonyl (C=O) groups is 2. The first-order valence-electron chi connectivity index (χ1n) is 16.1. The molecule has 3 aromatic rings. The lowest BCUT2D eigenvalue weighted by atomic mass is 9.60. The number of benzene rings is 3. The molecule has 1 aliphatic heterocycles. The van der Waals surface area contributed by atoms with Gasteiger partial charge >= 0.3 is 6.09 Å². The Balaban J connectivity index is 1.06. The van der Waals surface area contributed by atoms with Crippen LogP contribution in [0.15, 0.2) is 54.6 Å². The van der Waals surface area contributed by atoms with E-state index in [-0.39, 0.29) is 35.1 Å². The fourth-order valence-electron chi connectivity index (χ4n) is 6.52. The van der Waals surface area contributed by atoms with Gasteiger partial charge < -0.3 is 29.5 Å². The zero-order valence-corrected chi connectivity index (χ0v) is 28.0. The van der Waals surface area contributed by atoms with Crippen LogP contribution in [0, 0.1) is 12.3 Å². The Morgan fingerprint density at radius 1 is 1.09 bits per heavy atom. The van der Waals surface area contributed by atoms with Gasteiger partial charge in [0.1, 0.15) is 29.5 Å². The van der Waals surface area contributed by atoms with Crippen LogP contribution in [0.5, 0.6) is 17.2 Å². The molecule has 9 heteroatoms. The first kappa shape index (κ1) is 33.6. The molecule has 246 valence electrons. The molecule has 1 saturated carbocycles. The third-order valence-corrected chi connectivity index (χ3v) is 9.36. The van der Waals surface area contributed by atoms with Gasteiger partial charge in [0.15, 0.2) is 6.29 Å². The molecule has 2 N–H and O–H groups in total. The molecule has 0 radical (unpaired) electrons. The van der Waals surface area contributed by atoms with E-state index in [1.807, 2.05) is 45.0 Å². The van der Waals surface area contributed by atoms with E-state index in [4.69, 9.17) is 25.8 Å². The molecule has 1 spiro atoms. The standard InChI is InChI=1S/C37H45ClN2O6/c1-25-27(24-45-34-20-33(42)28(23-41)19-32(34)38)9-6-11-31(25)26-8-5-10-30(18-26)44-17-7-14-40-15-12-37(13-16-40)21-29(22-37)39-35(43)46-36(2,3)4/h5-6,8-11,18-20,23,29,42H,7,12-17,21-22,24H2,1-4H3,(H,39,43). The fourth-order valence-corrected chi connectivity index (χ4v) is 6.75. The lowest BCUT2D eigenvalue weighted by Crippen LogP contribution is -2.55. The van der Waals surface area contributed by atoms with Crippen molar-refractivity contribution in [2.24, 2.45) is 5.41 Å². The highest BCUT2D eigenvalue weighted by Gasteiger charge is 2.46. The third-order valence-electron chi connectivity index (χ3n) is 9.07. The first-order valence-corrected chi connectivity index (χ1v) is 16.5. The van der Waals surface area contributed by atoms with Gasteiger partial charge in [-0.2, -0.15) is 0 Å². The third kappa shape index (κ3) is 8.53. The molecule has 1 aliphatic carbocycles. The summed E-state index contributed by atoms with van der Waals surface area (Å²) in [6, 6.07) is 17.2. The van der Waals surface area contributed by atoms with Crippen LogP contribution < -0.4 is 14.8 Å². The van der Waals surface area contributed by atoms with Gasteiger partial charge in [0.2, 0.25) is 0 Å². The number of carbonyl (C=O) groups excluding carboxylic acids is 2. The van der Waals surface area contributed by atoms with Crippen LogP contribution in [-0.4, -0.2) is 60.3 Å². The molecule has 2 aliphatic rings. The van der Waals surface area contributed by atoms with Crippen LogP contribution in [0.1, 0.15) is 74.4 Å². The highest BCUT2D eigenvalue weighted by molar-refractivity contribution is 6.32. The van der Waals surface area contributed by atoms with Crippen LogP contribution in [0.2, 0.25) is 5.02 Å². The molecule has 1 saturated heterocycles. The Bertz CT molecular complexity index is 1540. The van der Waals surface area contributed by atoms with E-state index in [1.54, 1.807) is 0 Å². The molecule has 5 rings (SSSR count). The maximum Gasteiger partial charge on any atom is 0.407 e. The van der Waals surface area contributed by atoms with Crippen molar-refractivity contribution in [3.05, 3.63) is 76.3 Å². The smallest absolute Gasteiger partial charge is 0.407 e. The molecule has 1 heterocycles. The average Bonchev–Trinajstić information content (AvgIpc) is 2.99. The number of hydrogen-bond donors (Lipinski definition) is 2. The van der Waals surface area contributed by atoms with Crippen LogP contribution in [0.4, 0.5) is 4.79 Å². The summed E-state index contributed by atoms with van der Waals surface area (Å²) in [7, 11) is 0. The Labute approximate surface area is 277 Å². The number of phenolic OH excluding ortho intramolecular Hbond substituents is 1. The van der Waals surface area contributed by atoms with Crippen molar-refractivity contribution in [1.29, 1.82) is 0 Å². The number of phenols is 1.